The highest BCUT2D eigenvalue weighted by molar-refractivity contribution is 5.85. The van der Waals surface area contributed by atoms with E-state index in [1.807, 2.05) is 12.2 Å². The van der Waals surface area contributed by atoms with Gasteiger partial charge < -0.3 is 5.73 Å². The maximum Gasteiger partial charge on any atom is 0.0241 e. The summed E-state index contributed by atoms with van der Waals surface area (Å²) in [6.45, 7) is 10.7. The molecule has 94 valence electrons. The average Bonchev–Trinajstić information content (AvgIpc) is 2.21. The molecule has 0 fully saturated rings. The summed E-state index contributed by atoms with van der Waals surface area (Å²) in [5, 5.41) is 0. The number of hydrogen-bond donors (Lipinski definition) is 1. The molecule has 0 amide bonds. The van der Waals surface area contributed by atoms with Crippen LogP contribution in [0.15, 0.2) is 36.8 Å². The fourth-order valence-electron chi connectivity index (χ4n) is 1.12. The molecule has 0 saturated heterocycles. The molecule has 2 nitrogen and oxygen atoms in total. The van der Waals surface area contributed by atoms with Crippen molar-refractivity contribution in [1.82, 2.24) is 4.90 Å². The molecule has 2 N–H and O–H groups in total. The quantitative estimate of drug-likeness (QED) is 0.540. The van der Waals surface area contributed by atoms with Gasteiger partial charge in [0.25, 0.3) is 0 Å². The summed E-state index contributed by atoms with van der Waals surface area (Å²) >= 11 is 0. The Balaban J connectivity index is -0.000000845. The molecule has 0 aliphatic heterocycles. The Labute approximate surface area is 111 Å². The average molecular weight is 265 g/mol. The highest BCUT2D eigenvalue weighted by Gasteiger charge is 1.99. The Morgan fingerprint density at radius 1 is 1.00 bits per heavy atom. The first-order valence-corrected chi connectivity index (χ1v) is 4.96. The molecule has 0 aliphatic carbocycles. The fourth-order valence-corrected chi connectivity index (χ4v) is 1.12. The van der Waals surface area contributed by atoms with Gasteiger partial charge in [0.05, 0.1) is 0 Å². The van der Waals surface area contributed by atoms with Gasteiger partial charge in [-0.25, -0.2) is 0 Å². The van der Waals surface area contributed by atoms with Crippen LogP contribution < -0.4 is 5.73 Å². The molecule has 0 aromatic carbocycles. The summed E-state index contributed by atoms with van der Waals surface area (Å²) < 4.78 is 0. The third kappa shape index (κ3) is 13.5. The molecule has 0 bridgehead atoms. The van der Waals surface area contributed by atoms with Gasteiger partial charge in [0, 0.05) is 13.1 Å². The van der Waals surface area contributed by atoms with Crippen molar-refractivity contribution in [1.29, 1.82) is 0 Å². The van der Waals surface area contributed by atoms with Crippen molar-refractivity contribution in [2.24, 2.45) is 5.73 Å². The van der Waals surface area contributed by atoms with Crippen LogP contribution in [0.4, 0.5) is 0 Å². The minimum absolute atomic E-state index is 0. The summed E-state index contributed by atoms with van der Waals surface area (Å²) in [4.78, 5) is 2.28. The SMILES string of the molecule is C=C=CCN(CC=C=C)CCCCN.Cl.Cl. The highest BCUT2D eigenvalue weighted by Crippen LogP contribution is 1.95. The first kappa shape index (κ1) is 20.9. The fraction of sp³-hybridized carbons (Fsp3) is 0.500. The van der Waals surface area contributed by atoms with Crippen molar-refractivity contribution in [3.8, 4) is 0 Å². The first-order chi connectivity index (χ1) is 6.85. The van der Waals surface area contributed by atoms with Gasteiger partial charge in [-0.15, -0.1) is 36.3 Å². The molecule has 0 rings (SSSR count). The predicted molar refractivity (Wildman–Crippen MR) is 76.6 cm³/mol. The zero-order valence-electron chi connectivity index (χ0n) is 9.65. The number of rotatable bonds is 8. The monoisotopic (exact) mass is 264 g/mol. The van der Waals surface area contributed by atoms with E-state index < -0.39 is 0 Å². The van der Waals surface area contributed by atoms with Crippen molar-refractivity contribution in [3.63, 3.8) is 0 Å². The molecule has 16 heavy (non-hydrogen) atoms. The summed E-state index contributed by atoms with van der Waals surface area (Å²) in [5.41, 5.74) is 11.0. The van der Waals surface area contributed by atoms with Crippen molar-refractivity contribution < 1.29 is 0 Å². The van der Waals surface area contributed by atoms with Crippen LogP contribution in [0.3, 0.4) is 0 Å². The van der Waals surface area contributed by atoms with E-state index in [1.165, 1.54) is 0 Å². The molecular formula is C12H22Cl2N2. The summed E-state index contributed by atoms with van der Waals surface area (Å²) in [6, 6.07) is 0. The number of nitrogens with two attached hydrogens (primary N) is 1. The lowest BCUT2D eigenvalue weighted by atomic mass is 10.3. The second-order valence-electron chi connectivity index (χ2n) is 3.07. The molecule has 0 radical (unpaired) electrons. The van der Waals surface area contributed by atoms with E-state index in [-0.39, 0.29) is 24.8 Å². The normalized spacial score (nSPS) is 8.12. The Kier molecular flexibility index (Phi) is 22.1. The predicted octanol–water partition coefficient (Wildman–Crippen LogP) is 2.55. The molecule has 4 heteroatoms. The van der Waals surface area contributed by atoms with E-state index in [0.717, 1.165) is 39.0 Å². The Hall–Kier alpha value is -0.460. The van der Waals surface area contributed by atoms with E-state index in [2.05, 4.69) is 29.5 Å². The third-order valence-electron chi connectivity index (χ3n) is 1.92. The lowest BCUT2D eigenvalue weighted by molar-refractivity contribution is 0.327. The smallest absolute Gasteiger partial charge is 0.0241 e. The van der Waals surface area contributed by atoms with Gasteiger partial charge in [-0.3, -0.25) is 4.90 Å². The zero-order valence-corrected chi connectivity index (χ0v) is 11.3. The van der Waals surface area contributed by atoms with E-state index in [4.69, 9.17) is 5.73 Å². The Bertz CT molecular complexity index is 209. The van der Waals surface area contributed by atoms with E-state index in [0.29, 0.717) is 0 Å². The standard InChI is InChI=1S/C12H20N2.2ClH/c1-3-5-10-14(11-6-4-2)12-8-7-9-13;;/h5-6H,1-2,7-13H2;2*1H. The Morgan fingerprint density at radius 3 is 1.88 bits per heavy atom. The number of unbranched alkanes of at least 4 members (excludes halogenated alkanes) is 1. The van der Waals surface area contributed by atoms with E-state index in [1.54, 1.807) is 0 Å². The van der Waals surface area contributed by atoms with E-state index >= 15 is 0 Å². The van der Waals surface area contributed by atoms with Crippen LogP contribution in [0.5, 0.6) is 0 Å². The molecule has 0 aromatic heterocycles. The summed E-state index contributed by atoms with van der Waals surface area (Å²) in [7, 11) is 0. The second kappa shape index (κ2) is 17.0. The van der Waals surface area contributed by atoms with Gasteiger partial charge in [0.15, 0.2) is 0 Å². The van der Waals surface area contributed by atoms with Crippen LogP contribution in [-0.4, -0.2) is 31.1 Å². The van der Waals surface area contributed by atoms with E-state index in [9.17, 15) is 0 Å². The molecule has 0 aromatic rings. The van der Waals surface area contributed by atoms with Crippen LogP contribution in [0.1, 0.15) is 12.8 Å². The van der Waals surface area contributed by atoms with Crippen LogP contribution in [0.25, 0.3) is 0 Å². The maximum atomic E-state index is 5.44. The summed E-state index contributed by atoms with van der Waals surface area (Å²) in [6.07, 6.45) is 6.07. The van der Waals surface area contributed by atoms with Crippen molar-refractivity contribution in [3.05, 3.63) is 36.8 Å². The van der Waals surface area contributed by atoms with Gasteiger partial charge in [-0.2, -0.15) is 0 Å². The van der Waals surface area contributed by atoms with Crippen molar-refractivity contribution >= 4 is 24.8 Å². The summed E-state index contributed by atoms with van der Waals surface area (Å²) in [5.74, 6) is 0. The Morgan fingerprint density at radius 2 is 1.50 bits per heavy atom. The highest BCUT2D eigenvalue weighted by atomic mass is 35.5. The van der Waals surface area contributed by atoms with Gasteiger partial charge in [0.2, 0.25) is 0 Å². The number of nitrogens with zero attached hydrogens (tertiary/aromatic N) is 1. The number of hydrogen-bond acceptors (Lipinski definition) is 2. The van der Waals surface area contributed by atoms with Gasteiger partial charge in [0.1, 0.15) is 0 Å². The molecular weight excluding hydrogens is 243 g/mol. The van der Waals surface area contributed by atoms with Crippen molar-refractivity contribution in [2.75, 3.05) is 26.2 Å². The maximum absolute atomic E-state index is 5.44. The van der Waals surface area contributed by atoms with Gasteiger partial charge in [-0.05, 0) is 38.1 Å². The van der Waals surface area contributed by atoms with Crippen LogP contribution in [0.2, 0.25) is 0 Å². The lowest BCUT2D eigenvalue weighted by Gasteiger charge is -2.17. The van der Waals surface area contributed by atoms with Crippen LogP contribution in [-0.2, 0) is 0 Å². The number of halogens is 2. The largest absolute Gasteiger partial charge is 0.330 e. The molecule has 0 unspecified atom stereocenters. The molecule has 0 heterocycles. The van der Waals surface area contributed by atoms with Crippen LogP contribution in [0, 0.1) is 0 Å². The topological polar surface area (TPSA) is 29.3 Å². The molecule has 0 saturated carbocycles. The second-order valence-corrected chi connectivity index (χ2v) is 3.07. The van der Waals surface area contributed by atoms with Crippen molar-refractivity contribution in [2.45, 2.75) is 12.8 Å². The minimum Gasteiger partial charge on any atom is -0.330 e. The third-order valence-corrected chi connectivity index (χ3v) is 1.92. The van der Waals surface area contributed by atoms with Crippen LogP contribution >= 0.6 is 24.8 Å². The molecule has 0 spiro atoms. The van der Waals surface area contributed by atoms with Gasteiger partial charge >= 0.3 is 0 Å². The molecule has 0 atom stereocenters. The van der Waals surface area contributed by atoms with Gasteiger partial charge in [-0.1, -0.05) is 13.2 Å². The lowest BCUT2D eigenvalue weighted by Crippen LogP contribution is -2.25. The molecule has 0 aliphatic rings. The zero-order chi connectivity index (χ0) is 10.6. The minimum atomic E-state index is 0. The first-order valence-electron chi connectivity index (χ1n) is 4.96.